The first kappa shape index (κ1) is 10.2. The van der Waals surface area contributed by atoms with Gasteiger partial charge in [-0.05, 0) is 23.9 Å². The molecular formula is C6H13NOS2. The molecule has 0 N–H and O–H groups in total. The van der Waals surface area contributed by atoms with E-state index >= 15 is 0 Å². The number of hydrogen-bond donors (Lipinski definition) is 0. The van der Waals surface area contributed by atoms with Gasteiger partial charge in [-0.3, -0.25) is 4.79 Å². The first-order chi connectivity index (χ1) is 4.72. The summed E-state index contributed by atoms with van der Waals surface area (Å²) in [6.07, 6.45) is 0. The molecule has 0 aromatic heterocycles. The van der Waals surface area contributed by atoms with Crippen molar-refractivity contribution in [3.63, 3.8) is 0 Å². The summed E-state index contributed by atoms with van der Waals surface area (Å²) in [4.78, 5) is 10.8. The van der Waals surface area contributed by atoms with E-state index in [1.165, 1.54) is 0 Å². The lowest BCUT2D eigenvalue weighted by atomic mass is 10.8. The van der Waals surface area contributed by atoms with Gasteiger partial charge in [0.05, 0.1) is 0 Å². The maximum Gasteiger partial charge on any atom is 0.239 e. The van der Waals surface area contributed by atoms with Gasteiger partial charge in [0.2, 0.25) is 5.91 Å². The lowest BCUT2D eigenvalue weighted by Crippen LogP contribution is -2.13. The zero-order chi connectivity index (χ0) is 7.98. The lowest BCUT2D eigenvalue weighted by Gasteiger charge is -2.15. The summed E-state index contributed by atoms with van der Waals surface area (Å²) in [5.74, 6) is 2.03. The molecule has 10 heavy (non-hydrogen) atoms. The van der Waals surface area contributed by atoms with Crippen LogP contribution >= 0.6 is 23.9 Å². The van der Waals surface area contributed by atoms with Crippen molar-refractivity contribution in [1.29, 1.82) is 0 Å². The van der Waals surface area contributed by atoms with E-state index in [0.717, 1.165) is 11.5 Å². The standard InChI is InChI=1S/C6H13NOS2/c1-4-9-7(6(3)8)10-5-2/h4-5H2,1-3H3. The van der Waals surface area contributed by atoms with Crippen LogP contribution < -0.4 is 0 Å². The highest BCUT2D eigenvalue weighted by Crippen LogP contribution is 2.20. The molecule has 0 atom stereocenters. The molecule has 0 aliphatic heterocycles. The van der Waals surface area contributed by atoms with Crippen LogP contribution in [0.2, 0.25) is 0 Å². The van der Waals surface area contributed by atoms with Crippen LogP contribution in [0.4, 0.5) is 0 Å². The highest BCUT2D eigenvalue weighted by Gasteiger charge is 2.06. The second-order valence-corrected chi connectivity index (χ2v) is 4.24. The molecule has 0 saturated heterocycles. The quantitative estimate of drug-likeness (QED) is 0.617. The zero-order valence-electron chi connectivity index (χ0n) is 6.59. The SMILES string of the molecule is CCSN(SCC)C(C)=O. The van der Waals surface area contributed by atoms with E-state index in [-0.39, 0.29) is 5.91 Å². The Morgan fingerprint density at radius 1 is 1.30 bits per heavy atom. The van der Waals surface area contributed by atoms with Crippen molar-refractivity contribution in [3.8, 4) is 0 Å². The summed E-state index contributed by atoms with van der Waals surface area (Å²) in [6, 6.07) is 0. The fraction of sp³-hybridized carbons (Fsp3) is 0.833. The minimum atomic E-state index is 0.124. The van der Waals surface area contributed by atoms with Crippen molar-refractivity contribution in [2.75, 3.05) is 11.5 Å². The molecule has 0 radical (unpaired) electrons. The topological polar surface area (TPSA) is 20.3 Å². The van der Waals surface area contributed by atoms with Crippen molar-refractivity contribution in [2.45, 2.75) is 20.8 Å². The molecule has 1 amide bonds. The van der Waals surface area contributed by atoms with Crippen molar-refractivity contribution in [3.05, 3.63) is 0 Å². The fourth-order valence-electron chi connectivity index (χ4n) is 0.454. The normalized spacial score (nSPS) is 9.50. The molecule has 0 aromatic carbocycles. The summed E-state index contributed by atoms with van der Waals surface area (Å²) in [6.45, 7) is 5.67. The van der Waals surface area contributed by atoms with E-state index < -0.39 is 0 Å². The first-order valence-corrected chi connectivity index (χ1v) is 5.17. The molecular weight excluding hydrogens is 166 g/mol. The largest absolute Gasteiger partial charge is 0.273 e. The van der Waals surface area contributed by atoms with Crippen LogP contribution in [-0.2, 0) is 4.79 Å². The van der Waals surface area contributed by atoms with Crippen LogP contribution in [0.15, 0.2) is 0 Å². The van der Waals surface area contributed by atoms with Crippen LogP contribution in [0.25, 0.3) is 0 Å². The van der Waals surface area contributed by atoms with Gasteiger partial charge in [0.15, 0.2) is 0 Å². The van der Waals surface area contributed by atoms with Gasteiger partial charge in [-0.1, -0.05) is 13.8 Å². The smallest absolute Gasteiger partial charge is 0.239 e. The molecule has 0 bridgehead atoms. The van der Waals surface area contributed by atoms with Crippen molar-refractivity contribution in [2.24, 2.45) is 0 Å². The van der Waals surface area contributed by atoms with Gasteiger partial charge >= 0.3 is 0 Å². The summed E-state index contributed by atoms with van der Waals surface area (Å²) >= 11 is 3.11. The zero-order valence-corrected chi connectivity index (χ0v) is 8.22. The highest BCUT2D eigenvalue weighted by atomic mass is 32.2. The molecule has 0 aliphatic carbocycles. The second kappa shape index (κ2) is 5.92. The Hall–Kier alpha value is 0.170. The Bertz CT molecular complexity index is 102. The molecule has 0 aliphatic rings. The maximum atomic E-state index is 10.8. The molecule has 0 unspecified atom stereocenters. The van der Waals surface area contributed by atoms with E-state index in [9.17, 15) is 4.79 Å². The molecule has 0 spiro atoms. The first-order valence-electron chi connectivity index (χ1n) is 3.28. The van der Waals surface area contributed by atoms with Crippen LogP contribution in [0.5, 0.6) is 0 Å². The Morgan fingerprint density at radius 3 is 1.90 bits per heavy atom. The average molecular weight is 179 g/mol. The number of rotatable bonds is 4. The minimum Gasteiger partial charge on any atom is -0.273 e. The predicted octanol–water partition coefficient (Wildman–Crippen LogP) is 2.17. The predicted molar refractivity (Wildman–Crippen MR) is 48.8 cm³/mol. The van der Waals surface area contributed by atoms with Crippen LogP contribution in [0.3, 0.4) is 0 Å². The van der Waals surface area contributed by atoms with E-state index in [1.54, 1.807) is 34.5 Å². The molecule has 0 heterocycles. The Balaban J connectivity index is 3.61. The number of amides is 1. The van der Waals surface area contributed by atoms with E-state index in [1.807, 2.05) is 13.8 Å². The van der Waals surface area contributed by atoms with Gasteiger partial charge in [-0.2, -0.15) is 0 Å². The number of nitrogens with zero attached hydrogens (tertiary/aromatic N) is 1. The summed E-state index contributed by atoms with van der Waals surface area (Å²) in [5, 5.41) is 0. The summed E-state index contributed by atoms with van der Waals surface area (Å²) in [7, 11) is 0. The highest BCUT2D eigenvalue weighted by molar-refractivity contribution is 8.12. The van der Waals surface area contributed by atoms with Gasteiger partial charge < -0.3 is 0 Å². The molecule has 60 valence electrons. The summed E-state index contributed by atoms with van der Waals surface area (Å²) in [5.41, 5.74) is 0. The third kappa shape index (κ3) is 4.06. The molecule has 0 fully saturated rings. The van der Waals surface area contributed by atoms with Crippen LogP contribution in [0, 0.1) is 0 Å². The minimum absolute atomic E-state index is 0.124. The molecule has 4 heteroatoms. The fourth-order valence-corrected chi connectivity index (χ4v) is 2.22. The monoisotopic (exact) mass is 179 g/mol. The molecule has 2 nitrogen and oxygen atoms in total. The maximum absolute atomic E-state index is 10.8. The third-order valence-electron chi connectivity index (χ3n) is 0.750. The number of carbonyl (C=O) groups excluding carboxylic acids is 1. The summed E-state index contributed by atoms with van der Waals surface area (Å²) < 4.78 is 1.72. The van der Waals surface area contributed by atoms with Gasteiger partial charge in [-0.25, -0.2) is 3.71 Å². The molecule has 0 saturated carbocycles. The Morgan fingerprint density at radius 2 is 1.70 bits per heavy atom. The van der Waals surface area contributed by atoms with Crippen molar-refractivity contribution in [1.82, 2.24) is 3.71 Å². The lowest BCUT2D eigenvalue weighted by molar-refractivity contribution is -0.120. The van der Waals surface area contributed by atoms with Gasteiger partial charge in [-0.15, -0.1) is 0 Å². The van der Waals surface area contributed by atoms with Crippen molar-refractivity contribution >= 4 is 29.8 Å². The molecule has 0 aromatic rings. The van der Waals surface area contributed by atoms with Gasteiger partial charge in [0, 0.05) is 18.4 Å². The average Bonchev–Trinajstić information content (AvgIpc) is 1.87. The number of hydrogen-bond acceptors (Lipinski definition) is 3. The third-order valence-corrected chi connectivity index (χ3v) is 2.88. The molecule has 0 rings (SSSR count). The van der Waals surface area contributed by atoms with Gasteiger partial charge in [0.25, 0.3) is 0 Å². The van der Waals surface area contributed by atoms with E-state index in [0.29, 0.717) is 0 Å². The second-order valence-electron chi connectivity index (χ2n) is 1.61. The van der Waals surface area contributed by atoms with E-state index in [2.05, 4.69) is 0 Å². The Kier molecular flexibility index (Phi) is 6.02. The van der Waals surface area contributed by atoms with Crippen LogP contribution in [-0.4, -0.2) is 21.1 Å². The van der Waals surface area contributed by atoms with Crippen LogP contribution in [0.1, 0.15) is 20.8 Å². The van der Waals surface area contributed by atoms with Crippen molar-refractivity contribution < 1.29 is 4.79 Å². The number of carbonyl (C=O) groups is 1. The Labute approximate surface area is 71.0 Å². The van der Waals surface area contributed by atoms with Gasteiger partial charge in [0.1, 0.15) is 0 Å². The van der Waals surface area contributed by atoms with E-state index in [4.69, 9.17) is 0 Å².